The monoisotopic (exact) mass is 247 g/mol. The SMILES string of the molecule is CC(=O)NCc1cc(C2CC2)n(C2CCCC2)n1. The highest BCUT2D eigenvalue weighted by Crippen LogP contribution is 2.43. The molecule has 2 aliphatic rings. The van der Waals surface area contributed by atoms with Crippen LogP contribution < -0.4 is 5.32 Å². The van der Waals surface area contributed by atoms with Crippen molar-refractivity contribution >= 4 is 5.91 Å². The van der Waals surface area contributed by atoms with E-state index in [0.717, 1.165) is 11.6 Å². The van der Waals surface area contributed by atoms with Crippen LogP contribution in [0.25, 0.3) is 0 Å². The molecule has 0 aromatic carbocycles. The van der Waals surface area contributed by atoms with E-state index in [1.165, 1.54) is 44.2 Å². The second-order valence-corrected chi connectivity index (χ2v) is 5.63. The molecule has 4 nitrogen and oxygen atoms in total. The summed E-state index contributed by atoms with van der Waals surface area (Å²) < 4.78 is 2.27. The van der Waals surface area contributed by atoms with Gasteiger partial charge in [0.1, 0.15) is 0 Å². The zero-order valence-electron chi connectivity index (χ0n) is 11.0. The van der Waals surface area contributed by atoms with Crippen LogP contribution in [0.15, 0.2) is 6.07 Å². The van der Waals surface area contributed by atoms with Gasteiger partial charge in [0, 0.05) is 18.5 Å². The fraction of sp³-hybridized carbons (Fsp3) is 0.714. The van der Waals surface area contributed by atoms with E-state index in [-0.39, 0.29) is 5.91 Å². The molecule has 0 saturated heterocycles. The number of nitrogens with one attached hydrogen (secondary N) is 1. The normalized spacial score (nSPS) is 20.3. The minimum atomic E-state index is 0.0124. The number of hydrogen-bond acceptors (Lipinski definition) is 2. The number of carbonyl (C=O) groups excluding carboxylic acids is 1. The molecule has 1 heterocycles. The Morgan fingerprint density at radius 3 is 2.72 bits per heavy atom. The fourth-order valence-electron chi connectivity index (χ4n) is 2.89. The number of rotatable bonds is 4. The van der Waals surface area contributed by atoms with Gasteiger partial charge in [-0.1, -0.05) is 12.8 Å². The number of nitrogens with zero attached hydrogens (tertiary/aromatic N) is 2. The van der Waals surface area contributed by atoms with E-state index in [9.17, 15) is 4.79 Å². The molecular weight excluding hydrogens is 226 g/mol. The minimum absolute atomic E-state index is 0.0124. The summed E-state index contributed by atoms with van der Waals surface area (Å²) in [7, 11) is 0. The number of aromatic nitrogens is 2. The van der Waals surface area contributed by atoms with Crippen LogP contribution in [0.3, 0.4) is 0 Å². The van der Waals surface area contributed by atoms with Crippen molar-refractivity contribution in [1.82, 2.24) is 15.1 Å². The highest BCUT2D eigenvalue weighted by Gasteiger charge is 2.31. The minimum Gasteiger partial charge on any atom is -0.351 e. The van der Waals surface area contributed by atoms with Crippen LogP contribution in [0.2, 0.25) is 0 Å². The highest BCUT2D eigenvalue weighted by atomic mass is 16.1. The first kappa shape index (κ1) is 11.8. The Balaban J connectivity index is 1.79. The molecule has 0 spiro atoms. The van der Waals surface area contributed by atoms with Crippen LogP contribution in [0.1, 0.15) is 68.8 Å². The molecular formula is C14H21N3O. The first-order chi connectivity index (χ1) is 8.74. The van der Waals surface area contributed by atoms with E-state index in [1.54, 1.807) is 6.92 Å². The molecule has 0 aliphatic heterocycles. The summed E-state index contributed by atoms with van der Waals surface area (Å²) in [6.07, 6.45) is 7.79. The van der Waals surface area contributed by atoms with Gasteiger partial charge in [-0.15, -0.1) is 0 Å². The van der Waals surface area contributed by atoms with Gasteiger partial charge in [-0.2, -0.15) is 5.10 Å². The van der Waals surface area contributed by atoms with Gasteiger partial charge >= 0.3 is 0 Å². The Morgan fingerprint density at radius 2 is 2.11 bits per heavy atom. The molecule has 2 saturated carbocycles. The Morgan fingerprint density at radius 1 is 1.39 bits per heavy atom. The molecule has 2 aliphatic carbocycles. The summed E-state index contributed by atoms with van der Waals surface area (Å²) in [4.78, 5) is 11.0. The molecule has 0 radical (unpaired) electrons. The molecule has 0 atom stereocenters. The van der Waals surface area contributed by atoms with Crippen molar-refractivity contribution < 1.29 is 4.79 Å². The summed E-state index contributed by atoms with van der Waals surface area (Å²) in [5, 5.41) is 7.56. The molecule has 1 amide bonds. The van der Waals surface area contributed by atoms with E-state index in [4.69, 9.17) is 5.10 Å². The van der Waals surface area contributed by atoms with Crippen molar-refractivity contribution in [3.8, 4) is 0 Å². The van der Waals surface area contributed by atoms with Crippen molar-refractivity contribution in [3.63, 3.8) is 0 Å². The summed E-state index contributed by atoms with van der Waals surface area (Å²) in [5.41, 5.74) is 2.42. The molecule has 3 rings (SSSR count). The van der Waals surface area contributed by atoms with Crippen LogP contribution in [0, 0.1) is 0 Å². The quantitative estimate of drug-likeness (QED) is 0.888. The van der Waals surface area contributed by atoms with Crippen LogP contribution in [-0.2, 0) is 11.3 Å². The van der Waals surface area contributed by atoms with E-state index >= 15 is 0 Å². The van der Waals surface area contributed by atoms with E-state index in [1.807, 2.05) is 0 Å². The van der Waals surface area contributed by atoms with Crippen molar-refractivity contribution in [2.75, 3.05) is 0 Å². The van der Waals surface area contributed by atoms with Crippen molar-refractivity contribution in [2.24, 2.45) is 0 Å². The zero-order chi connectivity index (χ0) is 12.5. The predicted octanol–water partition coefficient (Wildman–Crippen LogP) is 2.51. The van der Waals surface area contributed by atoms with E-state index in [0.29, 0.717) is 12.6 Å². The standard InChI is InChI=1S/C14H21N3O/c1-10(18)15-9-12-8-14(11-6-7-11)17(16-12)13-4-2-3-5-13/h8,11,13H,2-7,9H2,1H3,(H,15,18). The lowest BCUT2D eigenvalue weighted by Crippen LogP contribution is -2.19. The third-order valence-corrected chi connectivity index (χ3v) is 4.00. The second-order valence-electron chi connectivity index (χ2n) is 5.63. The maximum absolute atomic E-state index is 11.0. The smallest absolute Gasteiger partial charge is 0.217 e. The van der Waals surface area contributed by atoms with Gasteiger partial charge in [-0.25, -0.2) is 0 Å². The molecule has 1 aromatic heterocycles. The maximum atomic E-state index is 11.0. The van der Waals surface area contributed by atoms with Gasteiger partial charge in [0.05, 0.1) is 18.3 Å². The number of carbonyl (C=O) groups is 1. The van der Waals surface area contributed by atoms with Crippen molar-refractivity contribution in [2.45, 2.75) is 64.0 Å². The third-order valence-electron chi connectivity index (χ3n) is 4.00. The molecule has 1 aromatic rings. The Labute approximate surface area is 108 Å². The van der Waals surface area contributed by atoms with Gasteiger partial charge in [-0.3, -0.25) is 9.48 Å². The van der Waals surface area contributed by atoms with Gasteiger partial charge in [-0.05, 0) is 31.7 Å². The Kier molecular flexibility index (Phi) is 3.10. The van der Waals surface area contributed by atoms with Gasteiger partial charge in [0.2, 0.25) is 5.91 Å². The third kappa shape index (κ3) is 2.42. The van der Waals surface area contributed by atoms with E-state index in [2.05, 4.69) is 16.1 Å². The molecule has 0 unspecified atom stereocenters. The summed E-state index contributed by atoms with van der Waals surface area (Å²) >= 11 is 0. The zero-order valence-corrected chi connectivity index (χ0v) is 11.0. The molecule has 1 N–H and O–H groups in total. The summed E-state index contributed by atoms with van der Waals surface area (Å²) in [5.74, 6) is 0.738. The van der Waals surface area contributed by atoms with Crippen LogP contribution in [0.5, 0.6) is 0 Å². The average Bonchev–Trinajstić information content (AvgIpc) is 2.91. The molecule has 0 bridgehead atoms. The van der Waals surface area contributed by atoms with Crippen LogP contribution >= 0.6 is 0 Å². The van der Waals surface area contributed by atoms with Crippen LogP contribution in [-0.4, -0.2) is 15.7 Å². The number of amides is 1. The lowest BCUT2D eigenvalue weighted by molar-refractivity contribution is -0.119. The molecule has 4 heteroatoms. The predicted molar refractivity (Wildman–Crippen MR) is 69.2 cm³/mol. The largest absolute Gasteiger partial charge is 0.351 e. The van der Waals surface area contributed by atoms with Crippen LogP contribution in [0.4, 0.5) is 0 Å². The molecule has 18 heavy (non-hydrogen) atoms. The van der Waals surface area contributed by atoms with Crippen molar-refractivity contribution in [1.29, 1.82) is 0 Å². The number of hydrogen-bond donors (Lipinski definition) is 1. The Hall–Kier alpha value is -1.32. The van der Waals surface area contributed by atoms with Gasteiger partial charge in [0.15, 0.2) is 0 Å². The first-order valence-electron chi connectivity index (χ1n) is 7.07. The first-order valence-corrected chi connectivity index (χ1v) is 7.07. The summed E-state index contributed by atoms with van der Waals surface area (Å²) in [6.45, 7) is 2.12. The second kappa shape index (κ2) is 4.75. The lowest BCUT2D eigenvalue weighted by atomic mass is 10.2. The Bertz CT molecular complexity index is 442. The lowest BCUT2D eigenvalue weighted by Gasteiger charge is -2.13. The summed E-state index contributed by atoms with van der Waals surface area (Å²) in [6, 6.07) is 2.80. The van der Waals surface area contributed by atoms with E-state index < -0.39 is 0 Å². The van der Waals surface area contributed by atoms with Gasteiger partial charge < -0.3 is 5.32 Å². The van der Waals surface area contributed by atoms with Crippen molar-refractivity contribution in [3.05, 3.63) is 17.5 Å². The molecule has 2 fully saturated rings. The topological polar surface area (TPSA) is 46.9 Å². The fourth-order valence-corrected chi connectivity index (χ4v) is 2.89. The highest BCUT2D eigenvalue weighted by molar-refractivity contribution is 5.72. The molecule has 98 valence electrons. The van der Waals surface area contributed by atoms with Gasteiger partial charge in [0.25, 0.3) is 0 Å². The maximum Gasteiger partial charge on any atom is 0.217 e. The average molecular weight is 247 g/mol.